The van der Waals surface area contributed by atoms with Crippen molar-refractivity contribution in [1.82, 2.24) is 9.88 Å². The Balaban J connectivity index is 1.84. The first-order chi connectivity index (χ1) is 10.1. The molecule has 0 radical (unpaired) electrons. The SMILES string of the molecule is O=C(c1cccnc1)N(Cc1ccc(F)cc1F)C1CC1. The second-order valence-electron chi connectivity index (χ2n) is 5.14. The second kappa shape index (κ2) is 5.60. The minimum Gasteiger partial charge on any atom is -0.331 e. The van der Waals surface area contributed by atoms with Crippen LogP contribution in [0.1, 0.15) is 28.8 Å². The van der Waals surface area contributed by atoms with Gasteiger partial charge in [0.15, 0.2) is 0 Å². The molecule has 1 aromatic carbocycles. The van der Waals surface area contributed by atoms with E-state index in [9.17, 15) is 13.6 Å². The molecule has 1 saturated carbocycles. The van der Waals surface area contributed by atoms with Crippen molar-refractivity contribution in [3.63, 3.8) is 0 Å². The Bertz CT molecular complexity index is 657. The largest absolute Gasteiger partial charge is 0.331 e. The molecule has 3 rings (SSSR count). The zero-order valence-electron chi connectivity index (χ0n) is 11.3. The van der Waals surface area contributed by atoms with Gasteiger partial charge >= 0.3 is 0 Å². The Hall–Kier alpha value is -2.30. The third kappa shape index (κ3) is 3.07. The van der Waals surface area contributed by atoms with Crippen molar-refractivity contribution in [2.45, 2.75) is 25.4 Å². The summed E-state index contributed by atoms with van der Waals surface area (Å²) < 4.78 is 26.7. The lowest BCUT2D eigenvalue weighted by atomic mass is 10.1. The molecule has 0 bridgehead atoms. The smallest absolute Gasteiger partial charge is 0.255 e. The molecule has 1 amide bonds. The average molecular weight is 288 g/mol. The Kier molecular flexibility index (Phi) is 3.64. The number of benzene rings is 1. The number of carbonyl (C=O) groups is 1. The monoisotopic (exact) mass is 288 g/mol. The Morgan fingerprint density at radius 2 is 2.10 bits per heavy atom. The van der Waals surface area contributed by atoms with Crippen LogP contribution >= 0.6 is 0 Å². The minimum atomic E-state index is -0.625. The van der Waals surface area contributed by atoms with E-state index < -0.39 is 11.6 Å². The summed E-state index contributed by atoms with van der Waals surface area (Å²) in [4.78, 5) is 18.1. The van der Waals surface area contributed by atoms with E-state index in [2.05, 4.69) is 4.98 Å². The van der Waals surface area contributed by atoms with E-state index in [1.165, 1.54) is 18.3 Å². The van der Waals surface area contributed by atoms with Gasteiger partial charge in [-0.15, -0.1) is 0 Å². The third-order valence-corrected chi connectivity index (χ3v) is 3.51. The lowest BCUT2D eigenvalue weighted by Crippen LogP contribution is -2.33. The molecule has 5 heteroatoms. The Morgan fingerprint density at radius 1 is 1.29 bits per heavy atom. The molecule has 3 nitrogen and oxygen atoms in total. The van der Waals surface area contributed by atoms with Crippen LogP contribution in [0.5, 0.6) is 0 Å². The molecule has 108 valence electrons. The summed E-state index contributed by atoms with van der Waals surface area (Å²) in [5.41, 5.74) is 0.799. The van der Waals surface area contributed by atoms with E-state index >= 15 is 0 Å². The standard InChI is InChI=1S/C16H14F2N2O/c17-13-4-3-12(15(18)8-13)10-20(14-5-6-14)16(21)11-2-1-7-19-9-11/h1-4,7-9,14H,5-6,10H2. The van der Waals surface area contributed by atoms with Gasteiger partial charge in [0.2, 0.25) is 0 Å². The predicted octanol–water partition coefficient (Wildman–Crippen LogP) is 3.16. The summed E-state index contributed by atoms with van der Waals surface area (Å²) in [7, 11) is 0. The van der Waals surface area contributed by atoms with Crippen LogP contribution in [-0.2, 0) is 6.54 Å². The van der Waals surface area contributed by atoms with Gasteiger partial charge in [0.25, 0.3) is 5.91 Å². The number of amides is 1. The Labute approximate surface area is 121 Å². The third-order valence-electron chi connectivity index (χ3n) is 3.51. The van der Waals surface area contributed by atoms with Gasteiger partial charge in [0, 0.05) is 36.6 Å². The van der Waals surface area contributed by atoms with E-state index in [1.807, 2.05) is 0 Å². The lowest BCUT2D eigenvalue weighted by Gasteiger charge is -2.22. The molecule has 0 spiro atoms. The number of halogens is 2. The first kappa shape index (κ1) is 13.7. The summed E-state index contributed by atoms with van der Waals surface area (Å²) in [5, 5.41) is 0. The molecule has 0 saturated heterocycles. The summed E-state index contributed by atoms with van der Waals surface area (Å²) in [6.07, 6.45) is 4.92. The fraction of sp³-hybridized carbons (Fsp3) is 0.250. The van der Waals surface area contributed by atoms with Gasteiger partial charge in [-0.05, 0) is 31.0 Å². The van der Waals surface area contributed by atoms with E-state index in [4.69, 9.17) is 0 Å². The van der Waals surface area contributed by atoms with Crippen LogP contribution in [0.15, 0.2) is 42.7 Å². The van der Waals surface area contributed by atoms with Gasteiger partial charge in [-0.2, -0.15) is 0 Å². The van der Waals surface area contributed by atoms with Crippen LogP contribution in [0.25, 0.3) is 0 Å². The molecule has 0 aliphatic heterocycles. The highest BCUT2D eigenvalue weighted by molar-refractivity contribution is 5.94. The summed E-state index contributed by atoms with van der Waals surface area (Å²) >= 11 is 0. The molecule has 0 atom stereocenters. The molecule has 1 aromatic heterocycles. The van der Waals surface area contributed by atoms with Crippen LogP contribution in [0, 0.1) is 11.6 Å². The van der Waals surface area contributed by atoms with Crippen molar-refractivity contribution in [1.29, 1.82) is 0 Å². The van der Waals surface area contributed by atoms with Crippen molar-refractivity contribution in [3.8, 4) is 0 Å². The van der Waals surface area contributed by atoms with Crippen LogP contribution < -0.4 is 0 Å². The molecular weight excluding hydrogens is 274 g/mol. The molecule has 2 aromatic rings. The van der Waals surface area contributed by atoms with Gasteiger partial charge in [-0.25, -0.2) is 8.78 Å². The number of carbonyl (C=O) groups excluding carboxylic acids is 1. The first-order valence-corrected chi connectivity index (χ1v) is 6.80. The highest BCUT2D eigenvalue weighted by Crippen LogP contribution is 2.30. The number of hydrogen-bond acceptors (Lipinski definition) is 2. The van der Waals surface area contributed by atoms with E-state index in [0.29, 0.717) is 11.1 Å². The maximum Gasteiger partial charge on any atom is 0.255 e. The Morgan fingerprint density at radius 3 is 2.71 bits per heavy atom. The van der Waals surface area contributed by atoms with E-state index in [1.54, 1.807) is 23.2 Å². The van der Waals surface area contributed by atoms with Crippen LogP contribution in [0.3, 0.4) is 0 Å². The maximum atomic E-state index is 13.8. The molecule has 0 N–H and O–H groups in total. The van der Waals surface area contributed by atoms with Crippen LogP contribution in [0.4, 0.5) is 8.78 Å². The number of aromatic nitrogens is 1. The fourth-order valence-electron chi connectivity index (χ4n) is 2.24. The van der Waals surface area contributed by atoms with Crippen molar-refractivity contribution >= 4 is 5.91 Å². The van der Waals surface area contributed by atoms with Gasteiger partial charge < -0.3 is 4.90 Å². The van der Waals surface area contributed by atoms with E-state index in [0.717, 1.165) is 18.9 Å². The van der Waals surface area contributed by atoms with Gasteiger partial charge in [0.05, 0.1) is 5.56 Å². The van der Waals surface area contributed by atoms with Crippen molar-refractivity contribution in [2.75, 3.05) is 0 Å². The average Bonchev–Trinajstić information content (AvgIpc) is 3.31. The van der Waals surface area contributed by atoms with E-state index in [-0.39, 0.29) is 18.5 Å². The molecule has 21 heavy (non-hydrogen) atoms. The van der Waals surface area contributed by atoms with Gasteiger partial charge in [-0.3, -0.25) is 9.78 Å². The summed E-state index contributed by atoms with van der Waals surface area (Å²) in [6, 6.07) is 6.94. The van der Waals surface area contributed by atoms with Crippen molar-refractivity contribution in [2.24, 2.45) is 0 Å². The first-order valence-electron chi connectivity index (χ1n) is 6.80. The normalized spacial score (nSPS) is 14.0. The topological polar surface area (TPSA) is 33.2 Å². The summed E-state index contributed by atoms with van der Waals surface area (Å²) in [5.74, 6) is -1.42. The van der Waals surface area contributed by atoms with Crippen molar-refractivity contribution < 1.29 is 13.6 Å². The molecule has 1 heterocycles. The second-order valence-corrected chi connectivity index (χ2v) is 5.14. The zero-order valence-corrected chi connectivity index (χ0v) is 11.3. The highest BCUT2D eigenvalue weighted by atomic mass is 19.1. The molecule has 1 fully saturated rings. The molecular formula is C16H14F2N2O. The molecule has 1 aliphatic rings. The fourth-order valence-corrected chi connectivity index (χ4v) is 2.24. The minimum absolute atomic E-state index is 0.127. The number of hydrogen-bond donors (Lipinski definition) is 0. The van der Waals surface area contributed by atoms with Crippen molar-refractivity contribution in [3.05, 3.63) is 65.5 Å². The maximum absolute atomic E-state index is 13.8. The summed E-state index contributed by atoms with van der Waals surface area (Å²) in [6.45, 7) is 0.143. The number of pyridine rings is 1. The molecule has 1 aliphatic carbocycles. The lowest BCUT2D eigenvalue weighted by molar-refractivity contribution is 0.0728. The number of rotatable bonds is 4. The van der Waals surface area contributed by atoms with Crippen LogP contribution in [0.2, 0.25) is 0 Å². The van der Waals surface area contributed by atoms with Crippen LogP contribution in [-0.4, -0.2) is 21.8 Å². The number of nitrogens with zero attached hydrogens (tertiary/aromatic N) is 2. The highest BCUT2D eigenvalue weighted by Gasteiger charge is 2.33. The quantitative estimate of drug-likeness (QED) is 0.865. The predicted molar refractivity (Wildman–Crippen MR) is 73.5 cm³/mol. The van der Waals surface area contributed by atoms with Gasteiger partial charge in [-0.1, -0.05) is 6.07 Å². The van der Waals surface area contributed by atoms with Gasteiger partial charge in [0.1, 0.15) is 11.6 Å². The zero-order chi connectivity index (χ0) is 14.8. The molecule has 0 unspecified atom stereocenters.